The third-order valence-corrected chi connectivity index (χ3v) is 4.02. The molecular weight excluding hydrogens is 252 g/mol. The molecule has 4 heteroatoms. The summed E-state index contributed by atoms with van der Waals surface area (Å²) in [6, 6.07) is 5.55. The Hall–Kier alpha value is -1.26. The van der Waals surface area contributed by atoms with Gasteiger partial charge in [-0.05, 0) is 42.6 Å². The van der Waals surface area contributed by atoms with E-state index < -0.39 is 17.7 Å². The van der Waals surface area contributed by atoms with E-state index >= 15 is 0 Å². The van der Waals surface area contributed by atoms with E-state index in [-0.39, 0.29) is 5.56 Å². The summed E-state index contributed by atoms with van der Waals surface area (Å²) in [6.07, 6.45) is 0.854. The summed E-state index contributed by atoms with van der Waals surface area (Å²) in [5.41, 5.74) is 1.22. The van der Waals surface area contributed by atoms with Gasteiger partial charge in [0.2, 0.25) is 0 Å². The molecule has 96 valence electrons. The van der Waals surface area contributed by atoms with Crippen LogP contribution >= 0.6 is 11.3 Å². The molecule has 1 N–H and O–H groups in total. The van der Waals surface area contributed by atoms with Gasteiger partial charge < -0.3 is 5.32 Å². The van der Waals surface area contributed by atoms with Crippen molar-refractivity contribution in [1.29, 1.82) is 0 Å². The number of aryl methyl sites for hydroxylation is 1. The smallest absolute Gasteiger partial charge is 0.131 e. The van der Waals surface area contributed by atoms with Gasteiger partial charge in [0.25, 0.3) is 0 Å². The Kier molecular flexibility index (Phi) is 4.09. The van der Waals surface area contributed by atoms with E-state index in [4.69, 9.17) is 0 Å². The van der Waals surface area contributed by atoms with Crippen molar-refractivity contribution in [3.05, 3.63) is 57.3 Å². The number of rotatable bonds is 4. The largest absolute Gasteiger partial charge is 0.308 e. The van der Waals surface area contributed by atoms with Crippen molar-refractivity contribution in [1.82, 2.24) is 5.32 Å². The average Bonchev–Trinajstić information content (AvgIpc) is 2.82. The molecule has 1 atom stereocenters. The zero-order chi connectivity index (χ0) is 13.1. The molecule has 2 aromatic rings. The van der Waals surface area contributed by atoms with Gasteiger partial charge in [-0.2, -0.15) is 0 Å². The summed E-state index contributed by atoms with van der Waals surface area (Å²) in [7, 11) is 1.72. The molecule has 1 heterocycles. The molecule has 0 saturated heterocycles. The molecule has 1 aromatic carbocycles. The molecule has 18 heavy (non-hydrogen) atoms. The van der Waals surface area contributed by atoms with Gasteiger partial charge in [-0.3, -0.25) is 0 Å². The number of thiophene rings is 1. The summed E-state index contributed by atoms with van der Waals surface area (Å²) >= 11 is 1.52. The van der Waals surface area contributed by atoms with Crippen LogP contribution in [-0.4, -0.2) is 7.05 Å². The lowest BCUT2D eigenvalue weighted by Gasteiger charge is -2.18. The van der Waals surface area contributed by atoms with Crippen molar-refractivity contribution in [3.63, 3.8) is 0 Å². The predicted molar refractivity (Wildman–Crippen MR) is 71.0 cm³/mol. The molecular formula is C14H15F2NS. The summed E-state index contributed by atoms with van der Waals surface area (Å²) in [5, 5.41) is 4.96. The fraction of sp³-hybridized carbons (Fsp3) is 0.286. The Balaban J connectivity index is 2.52. The molecule has 1 nitrogen and oxygen atoms in total. The Bertz CT molecular complexity index is 516. The average molecular weight is 267 g/mol. The Labute approximate surface area is 109 Å². The highest BCUT2D eigenvalue weighted by atomic mass is 32.1. The number of benzene rings is 1. The van der Waals surface area contributed by atoms with Gasteiger partial charge in [0.1, 0.15) is 11.6 Å². The minimum Gasteiger partial charge on any atom is -0.308 e. The second kappa shape index (κ2) is 5.59. The first-order valence-electron chi connectivity index (χ1n) is 5.86. The first kappa shape index (κ1) is 13.2. The van der Waals surface area contributed by atoms with Crippen LogP contribution in [0.5, 0.6) is 0 Å². The second-order valence-electron chi connectivity index (χ2n) is 4.02. The minimum atomic E-state index is -0.509. The molecule has 1 unspecified atom stereocenters. The molecule has 0 aliphatic heterocycles. The third-order valence-electron chi connectivity index (χ3n) is 3.00. The molecule has 0 saturated carbocycles. The van der Waals surface area contributed by atoms with Gasteiger partial charge in [-0.25, -0.2) is 8.78 Å². The van der Waals surface area contributed by atoms with Crippen LogP contribution in [0.25, 0.3) is 0 Å². The molecule has 0 fully saturated rings. The first-order valence-corrected chi connectivity index (χ1v) is 6.74. The quantitative estimate of drug-likeness (QED) is 0.886. The summed E-state index contributed by atoms with van der Waals surface area (Å²) in [5.74, 6) is -1.02. The number of hydrogen-bond donors (Lipinski definition) is 1. The number of hydrogen-bond acceptors (Lipinski definition) is 2. The van der Waals surface area contributed by atoms with Crippen LogP contribution in [0.4, 0.5) is 8.78 Å². The SMILES string of the molecule is CCc1ccsc1C(NC)c1c(F)cccc1F. The van der Waals surface area contributed by atoms with Crippen LogP contribution in [0.15, 0.2) is 29.6 Å². The number of nitrogens with one attached hydrogen (secondary N) is 1. The highest BCUT2D eigenvalue weighted by Gasteiger charge is 2.23. The summed E-state index contributed by atoms with van der Waals surface area (Å²) < 4.78 is 27.7. The van der Waals surface area contributed by atoms with E-state index in [0.29, 0.717) is 0 Å². The van der Waals surface area contributed by atoms with E-state index in [2.05, 4.69) is 5.32 Å². The minimum absolute atomic E-state index is 0.0946. The van der Waals surface area contributed by atoms with Crippen molar-refractivity contribution in [2.45, 2.75) is 19.4 Å². The summed E-state index contributed by atoms with van der Waals surface area (Å²) in [4.78, 5) is 0.976. The topological polar surface area (TPSA) is 12.0 Å². The fourth-order valence-corrected chi connectivity index (χ4v) is 3.20. The Morgan fingerprint density at radius 2 is 1.89 bits per heavy atom. The standard InChI is InChI=1S/C14H15F2NS/c1-3-9-7-8-18-14(9)13(17-2)12-10(15)5-4-6-11(12)16/h4-8,13,17H,3H2,1-2H3. The zero-order valence-corrected chi connectivity index (χ0v) is 11.2. The lowest BCUT2D eigenvalue weighted by molar-refractivity contribution is 0.523. The molecule has 2 rings (SSSR count). The second-order valence-corrected chi connectivity index (χ2v) is 4.97. The Morgan fingerprint density at radius 3 is 2.44 bits per heavy atom. The highest BCUT2D eigenvalue weighted by molar-refractivity contribution is 7.10. The number of halogens is 2. The zero-order valence-electron chi connectivity index (χ0n) is 10.3. The van der Waals surface area contributed by atoms with Crippen molar-refractivity contribution in [3.8, 4) is 0 Å². The first-order chi connectivity index (χ1) is 8.69. The van der Waals surface area contributed by atoms with Gasteiger partial charge in [-0.15, -0.1) is 11.3 Å². The molecule has 0 aliphatic carbocycles. The van der Waals surface area contributed by atoms with Crippen molar-refractivity contribution in [2.75, 3.05) is 7.05 Å². The van der Waals surface area contributed by atoms with Crippen LogP contribution in [0.2, 0.25) is 0 Å². The van der Waals surface area contributed by atoms with Gasteiger partial charge in [0.05, 0.1) is 6.04 Å². The van der Waals surface area contributed by atoms with Crippen LogP contribution in [0.1, 0.15) is 29.0 Å². The fourth-order valence-electron chi connectivity index (χ4n) is 2.09. The van der Waals surface area contributed by atoms with E-state index in [0.717, 1.165) is 16.9 Å². The lowest BCUT2D eigenvalue weighted by atomic mass is 10.0. The third kappa shape index (κ3) is 2.31. The van der Waals surface area contributed by atoms with E-state index in [1.807, 2.05) is 18.4 Å². The van der Waals surface area contributed by atoms with Crippen LogP contribution in [0, 0.1) is 11.6 Å². The predicted octanol–water partition coefficient (Wildman–Crippen LogP) is 3.90. The monoisotopic (exact) mass is 267 g/mol. The molecule has 0 aliphatic rings. The lowest BCUT2D eigenvalue weighted by Crippen LogP contribution is -2.20. The maximum atomic E-state index is 13.8. The molecule has 0 amide bonds. The van der Waals surface area contributed by atoms with E-state index in [1.165, 1.54) is 29.5 Å². The Morgan fingerprint density at radius 1 is 1.22 bits per heavy atom. The normalized spacial score (nSPS) is 12.7. The van der Waals surface area contributed by atoms with Crippen molar-refractivity contribution < 1.29 is 8.78 Å². The van der Waals surface area contributed by atoms with Crippen LogP contribution in [0.3, 0.4) is 0 Å². The highest BCUT2D eigenvalue weighted by Crippen LogP contribution is 2.32. The maximum absolute atomic E-state index is 13.8. The van der Waals surface area contributed by atoms with Gasteiger partial charge in [0, 0.05) is 10.4 Å². The molecule has 0 radical (unpaired) electrons. The van der Waals surface area contributed by atoms with E-state index in [9.17, 15) is 8.78 Å². The van der Waals surface area contributed by atoms with Gasteiger partial charge >= 0.3 is 0 Å². The molecule has 1 aromatic heterocycles. The van der Waals surface area contributed by atoms with Crippen LogP contribution in [-0.2, 0) is 6.42 Å². The van der Waals surface area contributed by atoms with Crippen molar-refractivity contribution in [2.24, 2.45) is 0 Å². The molecule has 0 bridgehead atoms. The van der Waals surface area contributed by atoms with Crippen molar-refractivity contribution >= 4 is 11.3 Å². The van der Waals surface area contributed by atoms with E-state index in [1.54, 1.807) is 7.05 Å². The van der Waals surface area contributed by atoms with Gasteiger partial charge in [0.15, 0.2) is 0 Å². The maximum Gasteiger partial charge on any atom is 0.131 e. The van der Waals surface area contributed by atoms with Gasteiger partial charge in [-0.1, -0.05) is 13.0 Å². The summed E-state index contributed by atoms with van der Waals surface area (Å²) in [6.45, 7) is 2.04. The molecule has 0 spiro atoms. The van der Waals surface area contributed by atoms with Crippen LogP contribution < -0.4 is 5.32 Å².